The number of carboxylic acid groups (broad SMARTS) is 1. The number of benzene rings is 1. The molecule has 0 aliphatic carbocycles. The van der Waals surface area contributed by atoms with Gasteiger partial charge in [0.05, 0.1) is 5.52 Å². The second-order valence-electron chi connectivity index (χ2n) is 6.09. The molecule has 4 heterocycles. The van der Waals surface area contributed by atoms with Gasteiger partial charge in [-0.25, -0.2) is 0 Å². The maximum absolute atomic E-state index is 12.5. The van der Waals surface area contributed by atoms with Gasteiger partial charge in [0.2, 0.25) is 0 Å². The van der Waals surface area contributed by atoms with E-state index in [-0.39, 0.29) is 18.4 Å². The van der Waals surface area contributed by atoms with E-state index in [1.165, 1.54) is 12.8 Å². The molecule has 0 unspecified atom stereocenters. The number of piperidine rings is 3. The Labute approximate surface area is 144 Å². The predicted octanol–water partition coefficient (Wildman–Crippen LogP) is 1.74. The van der Waals surface area contributed by atoms with Crippen molar-refractivity contribution in [3.8, 4) is 0 Å². The third kappa shape index (κ3) is 3.37. The van der Waals surface area contributed by atoms with Crippen LogP contribution in [0.2, 0.25) is 5.02 Å². The molecule has 8 heteroatoms. The summed E-state index contributed by atoms with van der Waals surface area (Å²) in [7, 11) is 0. The Morgan fingerprint density at radius 3 is 2.75 bits per heavy atom. The number of aromatic nitrogens is 2. The van der Waals surface area contributed by atoms with Crippen molar-refractivity contribution in [1.82, 2.24) is 20.4 Å². The summed E-state index contributed by atoms with van der Waals surface area (Å²) in [6.07, 6.45) is 2.36. The van der Waals surface area contributed by atoms with Crippen molar-refractivity contribution in [3.05, 3.63) is 28.9 Å². The Bertz CT molecular complexity index is 740. The van der Waals surface area contributed by atoms with E-state index in [1.807, 2.05) is 6.07 Å². The molecule has 0 spiro atoms. The Kier molecular flexibility index (Phi) is 5.01. The molecule has 7 nitrogen and oxygen atoms in total. The fraction of sp³-hybridized carbons (Fsp3) is 0.438. The average molecular weight is 351 g/mol. The van der Waals surface area contributed by atoms with Gasteiger partial charge in [-0.3, -0.25) is 14.7 Å². The molecule has 0 saturated carbocycles. The summed E-state index contributed by atoms with van der Waals surface area (Å²) in [5.41, 5.74) is 1.27. The molecular formula is C16H19ClN4O3. The van der Waals surface area contributed by atoms with Crippen molar-refractivity contribution in [2.24, 2.45) is 5.92 Å². The van der Waals surface area contributed by atoms with Crippen molar-refractivity contribution in [3.63, 3.8) is 0 Å². The Morgan fingerprint density at radius 1 is 1.42 bits per heavy atom. The lowest BCUT2D eigenvalue weighted by Gasteiger charge is -2.44. The third-order valence-corrected chi connectivity index (χ3v) is 4.95. The molecule has 3 aliphatic rings. The number of hydrogen-bond donors (Lipinski definition) is 3. The largest absolute Gasteiger partial charge is 0.483 e. The zero-order chi connectivity index (χ0) is 17.1. The molecule has 1 aromatic heterocycles. The maximum Gasteiger partial charge on any atom is 0.290 e. The molecule has 3 fully saturated rings. The van der Waals surface area contributed by atoms with Crippen molar-refractivity contribution in [2.75, 3.05) is 19.6 Å². The number of hydrogen-bond acceptors (Lipinski definition) is 4. The summed E-state index contributed by atoms with van der Waals surface area (Å²) < 4.78 is 0. The van der Waals surface area contributed by atoms with Crippen molar-refractivity contribution in [1.29, 1.82) is 0 Å². The summed E-state index contributed by atoms with van der Waals surface area (Å²) in [5, 5.41) is 18.5. The Hall–Kier alpha value is -2.12. The topological polar surface area (TPSA) is 98.3 Å². The second-order valence-corrected chi connectivity index (χ2v) is 6.52. The molecule has 1 aromatic carbocycles. The predicted molar refractivity (Wildman–Crippen MR) is 90.2 cm³/mol. The molecule has 1 atom stereocenters. The zero-order valence-electron chi connectivity index (χ0n) is 13.0. The van der Waals surface area contributed by atoms with Crippen LogP contribution in [0.4, 0.5) is 0 Å². The summed E-state index contributed by atoms with van der Waals surface area (Å²) in [6, 6.07) is 5.66. The molecule has 128 valence electrons. The van der Waals surface area contributed by atoms with Crippen LogP contribution in [0.15, 0.2) is 18.2 Å². The number of H-pyrrole nitrogens is 1. The Morgan fingerprint density at radius 2 is 2.12 bits per heavy atom. The third-order valence-electron chi connectivity index (χ3n) is 4.71. The lowest BCUT2D eigenvalue weighted by molar-refractivity contribution is -0.122. The zero-order valence-corrected chi connectivity index (χ0v) is 13.8. The van der Waals surface area contributed by atoms with Gasteiger partial charge in [0.1, 0.15) is 0 Å². The van der Waals surface area contributed by atoms with Gasteiger partial charge in [0.15, 0.2) is 5.69 Å². The first-order chi connectivity index (χ1) is 11.6. The summed E-state index contributed by atoms with van der Waals surface area (Å²) >= 11 is 6.02. The first-order valence-corrected chi connectivity index (χ1v) is 8.25. The van der Waals surface area contributed by atoms with Crippen LogP contribution in [0.5, 0.6) is 0 Å². The van der Waals surface area contributed by atoms with E-state index in [0.29, 0.717) is 16.6 Å². The lowest BCUT2D eigenvalue weighted by atomic mass is 9.84. The molecule has 3 saturated heterocycles. The minimum Gasteiger partial charge on any atom is -0.483 e. The number of nitrogens with one attached hydrogen (secondary N) is 2. The van der Waals surface area contributed by atoms with E-state index in [9.17, 15) is 4.79 Å². The van der Waals surface area contributed by atoms with Gasteiger partial charge in [-0.1, -0.05) is 11.6 Å². The Balaban J connectivity index is 0.000000526. The summed E-state index contributed by atoms with van der Waals surface area (Å²) in [4.78, 5) is 23.3. The number of aromatic amines is 1. The van der Waals surface area contributed by atoms with Crippen LogP contribution in [-0.2, 0) is 4.79 Å². The van der Waals surface area contributed by atoms with Gasteiger partial charge >= 0.3 is 0 Å². The van der Waals surface area contributed by atoms with E-state index in [4.69, 9.17) is 21.5 Å². The molecule has 24 heavy (non-hydrogen) atoms. The molecule has 2 bridgehead atoms. The van der Waals surface area contributed by atoms with E-state index >= 15 is 0 Å². The highest BCUT2D eigenvalue weighted by Gasteiger charge is 2.35. The van der Waals surface area contributed by atoms with Crippen LogP contribution in [0.25, 0.3) is 10.9 Å². The lowest BCUT2D eigenvalue weighted by Crippen LogP contribution is -2.57. The molecule has 3 aliphatic heterocycles. The number of carbonyl (C=O) groups excluding carboxylic acids is 1. The molecule has 0 radical (unpaired) electrons. The van der Waals surface area contributed by atoms with Crippen LogP contribution in [0.3, 0.4) is 0 Å². The monoisotopic (exact) mass is 350 g/mol. The highest BCUT2D eigenvalue weighted by Crippen LogP contribution is 2.28. The number of nitrogens with zero attached hydrogens (tertiary/aromatic N) is 2. The number of rotatable bonds is 2. The fourth-order valence-electron chi connectivity index (χ4n) is 3.52. The summed E-state index contributed by atoms with van der Waals surface area (Å²) in [5.74, 6) is 0.495. The average Bonchev–Trinajstić information content (AvgIpc) is 3.00. The van der Waals surface area contributed by atoms with Gasteiger partial charge in [0.25, 0.3) is 12.4 Å². The smallest absolute Gasteiger partial charge is 0.290 e. The van der Waals surface area contributed by atoms with E-state index in [0.717, 1.165) is 30.5 Å². The molecule has 5 rings (SSSR count). The highest BCUT2D eigenvalue weighted by atomic mass is 35.5. The number of carbonyl (C=O) groups is 2. The quantitative estimate of drug-likeness (QED) is 0.717. The minimum absolute atomic E-state index is 0.109. The molecular weight excluding hydrogens is 332 g/mol. The van der Waals surface area contributed by atoms with E-state index in [1.54, 1.807) is 12.1 Å². The van der Waals surface area contributed by atoms with Gasteiger partial charge in [-0.2, -0.15) is 5.10 Å². The summed E-state index contributed by atoms with van der Waals surface area (Å²) in [6.45, 7) is 3.04. The highest BCUT2D eigenvalue weighted by molar-refractivity contribution is 6.31. The van der Waals surface area contributed by atoms with Crippen LogP contribution in [0, 0.1) is 5.92 Å². The van der Waals surface area contributed by atoms with E-state index in [2.05, 4.69) is 20.4 Å². The molecule has 2 aromatic rings. The molecule has 1 amide bonds. The minimum atomic E-state index is -0.250. The first kappa shape index (κ1) is 16.7. The SMILES string of the molecule is O=C(N[C@H]1CN2CCC1CC2)c1n[nH]c2ccc(Cl)cc12.O=CO. The fourth-order valence-corrected chi connectivity index (χ4v) is 3.70. The van der Waals surface area contributed by atoms with Gasteiger partial charge in [-0.15, -0.1) is 0 Å². The van der Waals surface area contributed by atoms with Gasteiger partial charge in [-0.05, 0) is 50.0 Å². The first-order valence-electron chi connectivity index (χ1n) is 7.87. The van der Waals surface area contributed by atoms with Crippen molar-refractivity contribution < 1.29 is 14.7 Å². The second kappa shape index (κ2) is 7.19. The number of halogens is 1. The maximum atomic E-state index is 12.5. The molecule has 3 N–H and O–H groups in total. The van der Waals surface area contributed by atoms with Crippen molar-refractivity contribution in [2.45, 2.75) is 18.9 Å². The standard InChI is InChI=1S/C15H17ClN4O.CH2O2/c16-10-1-2-12-11(7-10)14(19-18-12)15(21)17-13-8-20-5-3-9(13)4-6-20;2-1-3/h1-2,7,9,13H,3-6,8H2,(H,17,21)(H,18,19);1H,(H,2,3)/t13-;/m0./s1. The van der Waals surface area contributed by atoms with E-state index < -0.39 is 0 Å². The van der Waals surface area contributed by atoms with Crippen LogP contribution < -0.4 is 5.32 Å². The normalized spacial score (nSPS) is 25.0. The van der Waals surface area contributed by atoms with Gasteiger partial charge < -0.3 is 15.3 Å². The number of amides is 1. The van der Waals surface area contributed by atoms with Gasteiger partial charge in [0, 0.05) is 23.0 Å². The van der Waals surface area contributed by atoms with Crippen LogP contribution in [-0.4, -0.2) is 58.3 Å². The van der Waals surface area contributed by atoms with Crippen molar-refractivity contribution >= 4 is 34.9 Å². The number of fused-ring (bicyclic) bond motifs is 4. The van der Waals surface area contributed by atoms with Crippen LogP contribution >= 0.6 is 11.6 Å². The van der Waals surface area contributed by atoms with Crippen LogP contribution in [0.1, 0.15) is 23.3 Å².